The van der Waals surface area contributed by atoms with E-state index in [9.17, 15) is 18.0 Å². The third-order valence-corrected chi connectivity index (χ3v) is 8.33. The molecule has 0 fully saturated rings. The van der Waals surface area contributed by atoms with E-state index >= 15 is 0 Å². The topological polar surface area (TPSA) is 78.0 Å². The Hall–Kier alpha value is -3.36. The monoisotopic (exact) mass is 495 g/mol. The molecule has 174 valence electrons. The molecule has 0 radical (unpaired) electrons. The summed E-state index contributed by atoms with van der Waals surface area (Å²) in [6.07, 6.45) is 1.70. The van der Waals surface area contributed by atoms with Crippen LogP contribution < -0.4 is 14.1 Å². The zero-order valence-corrected chi connectivity index (χ0v) is 20.0. The van der Waals surface area contributed by atoms with Crippen LogP contribution in [-0.2, 0) is 21.2 Å². The number of halogens is 1. The average molecular weight is 496 g/mol. The van der Waals surface area contributed by atoms with Gasteiger partial charge in [0.25, 0.3) is 10.0 Å². The van der Waals surface area contributed by atoms with Gasteiger partial charge in [-0.15, -0.1) is 0 Å². The minimum atomic E-state index is -4.20. The molecule has 0 N–H and O–H groups in total. The van der Waals surface area contributed by atoms with Gasteiger partial charge < -0.3 is 4.90 Å². The van der Waals surface area contributed by atoms with Gasteiger partial charge in [-0.05, 0) is 61.2 Å². The maximum atomic E-state index is 13.6. The minimum Gasteiger partial charge on any atom is -0.311 e. The second-order valence-electron chi connectivity index (χ2n) is 8.32. The van der Waals surface area contributed by atoms with Crippen LogP contribution in [-0.4, -0.2) is 33.4 Å². The van der Waals surface area contributed by atoms with Crippen molar-refractivity contribution in [2.24, 2.45) is 0 Å². The Morgan fingerprint density at radius 1 is 1.00 bits per heavy atom. The first-order valence-corrected chi connectivity index (χ1v) is 12.7. The van der Waals surface area contributed by atoms with Gasteiger partial charge in [0.2, 0.25) is 5.91 Å². The molecule has 7 nitrogen and oxygen atoms in total. The summed E-state index contributed by atoms with van der Waals surface area (Å²) in [5.74, 6) is -0.281. The summed E-state index contributed by atoms with van der Waals surface area (Å²) in [5, 5.41) is 0.340. The number of aryl methyl sites for hydroxylation is 2. The maximum absolute atomic E-state index is 13.6. The van der Waals surface area contributed by atoms with Crippen molar-refractivity contribution in [2.45, 2.75) is 24.7 Å². The number of hydrogen-bond acceptors (Lipinski definition) is 4. The van der Waals surface area contributed by atoms with Gasteiger partial charge in [0, 0.05) is 17.3 Å². The number of carbonyl (C=O) groups excluding carboxylic acids is 2. The highest BCUT2D eigenvalue weighted by Crippen LogP contribution is 2.38. The first-order chi connectivity index (χ1) is 16.3. The number of benzene rings is 3. The number of hydrogen-bond donors (Lipinski definition) is 0. The minimum absolute atomic E-state index is 0.0434. The van der Waals surface area contributed by atoms with Crippen molar-refractivity contribution in [1.82, 2.24) is 0 Å². The molecular weight excluding hydrogens is 474 g/mol. The number of carbonyl (C=O) groups is 2. The van der Waals surface area contributed by atoms with Crippen LogP contribution in [0.2, 0.25) is 5.02 Å². The molecule has 0 saturated heterocycles. The lowest BCUT2D eigenvalue weighted by Gasteiger charge is -2.37. The van der Waals surface area contributed by atoms with Gasteiger partial charge in [0.1, 0.15) is 11.4 Å². The number of fused-ring (bicyclic) bond motifs is 2. The molecule has 0 aliphatic carbocycles. The summed E-state index contributed by atoms with van der Waals surface area (Å²) in [7, 11) is -4.20. The van der Waals surface area contributed by atoms with E-state index in [1.807, 2.05) is 24.3 Å². The normalized spacial score (nSPS) is 16.8. The van der Waals surface area contributed by atoms with Crippen molar-refractivity contribution in [2.75, 3.05) is 27.2 Å². The molecule has 0 atom stereocenters. The van der Waals surface area contributed by atoms with Gasteiger partial charge in [-0.3, -0.25) is 9.69 Å². The van der Waals surface area contributed by atoms with Crippen molar-refractivity contribution >= 4 is 50.6 Å². The highest BCUT2D eigenvalue weighted by molar-refractivity contribution is 7.94. The van der Waals surface area contributed by atoms with E-state index in [-0.39, 0.29) is 28.7 Å². The summed E-state index contributed by atoms with van der Waals surface area (Å²) in [5.41, 5.74) is 2.96. The molecule has 0 spiro atoms. The highest BCUT2D eigenvalue weighted by Gasteiger charge is 2.43. The first kappa shape index (κ1) is 22.4. The van der Waals surface area contributed by atoms with Gasteiger partial charge in [0.15, 0.2) is 0 Å². The fourth-order valence-corrected chi connectivity index (χ4v) is 6.20. The molecule has 2 aliphatic heterocycles. The van der Waals surface area contributed by atoms with Gasteiger partial charge in [0.05, 0.1) is 11.4 Å². The predicted octanol–water partition coefficient (Wildman–Crippen LogP) is 4.76. The van der Waals surface area contributed by atoms with Gasteiger partial charge in [-0.2, -0.15) is 4.31 Å². The molecular formula is C25H22ClN3O4S. The van der Waals surface area contributed by atoms with Crippen LogP contribution in [0.5, 0.6) is 0 Å². The zero-order valence-electron chi connectivity index (χ0n) is 18.4. The number of amides is 3. The molecule has 2 aliphatic rings. The lowest BCUT2D eigenvalue weighted by molar-refractivity contribution is -0.117. The highest BCUT2D eigenvalue weighted by atomic mass is 35.5. The molecule has 0 aromatic heterocycles. The number of rotatable bonds is 3. The summed E-state index contributed by atoms with van der Waals surface area (Å²) in [4.78, 5) is 29.9. The zero-order chi connectivity index (χ0) is 24.0. The van der Waals surface area contributed by atoms with Crippen molar-refractivity contribution in [1.29, 1.82) is 0 Å². The second kappa shape index (κ2) is 8.45. The largest absolute Gasteiger partial charge is 0.343 e. The van der Waals surface area contributed by atoms with Crippen LogP contribution in [0.4, 0.5) is 21.9 Å². The van der Waals surface area contributed by atoms with Crippen molar-refractivity contribution < 1.29 is 18.0 Å². The van der Waals surface area contributed by atoms with E-state index in [4.69, 9.17) is 11.6 Å². The van der Waals surface area contributed by atoms with Crippen LogP contribution in [0.3, 0.4) is 0 Å². The first-order valence-electron chi connectivity index (χ1n) is 10.9. The number of nitrogens with zero attached hydrogens (tertiary/aromatic N) is 3. The summed E-state index contributed by atoms with van der Waals surface area (Å²) in [6, 6.07) is 17.7. The number of anilines is 3. The molecule has 3 aromatic rings. The number of para-hydroxylation sites is 2. The van der Waals surface area contributed by atoms with Crippen LogP contribution in [0.15, 0.2) is 71.6 Å². The smallest absolute Gasteiger partial charge is 0.311 e. The maximum Gasteiger partial charge on any atom is 0.343 e. The fourth-order valence-electron chi connectivity index (χ4n) is 4.44. The second-order valence-corrected chi connectivity index (χ2v) is 10.5. The van der Waals surface area contributed by atoms with Crippen LogP contribution in [0.25, 0.3) is 0 Å². The van der Waals surface area contributed by atoms with Crippen molar-refractivity contribution in [3.05, 3.63) is 82.9 Å². The van der Waals surface area contributed by atoms with E-state index in [1.165, 1.54) is 23.1 Å². The summed E-state index contributed by atoms with van der Waals surface area (Å²) in [6.45, 7) is 2.03. The van der Waals surface area contributed by atoms with Crippen LogP contribution >= 0.6 is 11.6 Å². The number of urea groups is 1. The third kappa shape index (κ3) is 3.63. The number of sulfonamides is 1. The lowest BCUT2D eigenvalue weighted by Crippen LogP contribution is -2.54. The van der Waals surface area contributed by atoms with E-state index in [2.05, 4.69) is 0 Å². The van der Waals surface area contributed by atoms with Crippen LogP contribution in [0.1, 0.15) is 17.5 Å². The van der Waals surface area contributed by atoms with Crippen molar-refractivity contribution in [3.63, 3.8) is 0 Å². The molecule has 9 heteroatoms. The van der Waals surface area contributed by atoms with E-state index in [0.717, 1.165) is 34.0 Å². The van der Waals surface area contributed by atoms with E-state index in [0.29, 0.717) is 11.6 Å². The molecule has 3 amide bonds. The Morgan fingerprint density at radius 2 is 1.71 bits per heavy atom. The third-order valence-electron chi connectivity index (χ3n) is 6.17. The van der Waals surface area contributed by atoms with Crippen molar-refractivity contribution in [3.8, 4) is 0 Å². The van der Waals surface area contributed by atoms with Gasteiger partial charge >= 0.3 is 6.03 Å². The predicted molar refractivity (Wildman–Crippen MR) is 132 cm³/mol. The molecule has 0 saturated carbocycles. The summed E-state index contributed by atoms with van der Waals surface area (Å²) < 4.78 is 27.6. The summed E-state index contributed by atoms with van der Waals surface area (Å²) >= 11 is 6.24. The van der Waals surface area contributed by atoms with E-state index in [1.54, 1.807) is 36.1 Å². The Morgan fingerprint density at radius 3 is 2.47 bits per heavy atom. The molecule has 34 heavy (non-hydrogen) atoms. The van der Waals surface area contributed by atoms with E-state index < -0.39 is 16.1 Å². The Kier molecular flexibility index (Phi) is 5.58. The molecule has 3 aromatic carbocycles. The molecule has 2 heterocycles. The van der Waals surface area contributed by atoms with Gasteiger partial charge in [-0.1, -0.05) is 48.0 Å². The Labute approximate surface area is 203 Å². The van der Waals surface area contributed by atoms with Gasteiger partial charge in [-0.25, -0.2) is 13.2 Å². The fraction of sp³-hybridized carbons (Fsp3) is 0.200. The lowest BCUT2D eigenvalue weighted by atomic mass is 10.0. The van der Waals surface area contributed by atoms with Crippen LogP contribution in [0, 0.1) is 6.92 Å². The standard InChI is InChI=1S/C25H22ClN3O4S/c1-17-12-13-19(15-20(17)26)29-25(31)28(22-10-4-5-11-23(22)34(29,32)33)16-24(30)27-14-6-8-18-7-2-3-9-21(18)27/h2-5,7,9-13,15H,6,8,14,16H2,1H3. The molecule has 5 rings (SSSR count). The Bertz CT molecular complexity index is 1420. The molecule has 0 unspecified atom stereocenters. The Balaban J connectivity index is 1.56. The SMILES string of the molecule is Cc1ccc(N2C(=O)N(CC(=O)N3CCCc4ccccc43)c3ccccc3S2(=O)=O)cc1Cl. The average Bonchev–Trinajstić information content (AvgIpc) is 2.83. The molecule has 0 bridgehead atoms. The quantitative estimate of drug-likeness (QED) is 0.524.